The maximum atomic E-state index is 9.34. The van der Waals surface area contributed by atoms with E-state index in [0.717, 1.165) is 64.0 Å². The van der Waals surface area contributed by atoms with Crippen LogP contribution in [0.25, 0.3) is 22.3 Å². The molecule has 38 heavy (non-hydrogen) atoms. The normalized spacial score (nSPS) is 18.1. The SMILES string of the molecule is C[Si](C)(C)CCOCn1ccc2c(-c3cnn(C4CCC(CSc5ccccc5C#N)CC4)c3)ncnc21. The van der Waals surface area contributed by atoms with Gasteiger partial charge in [-0.3, -0.25) is 4.68 Å². The van der Waals surface area contributed by atoms with Crippen LogP contribution in [0.4, 0.5) is 0 Å². The lowest BCUT2D eigenvalue weighted by atomic mass is 9.87. The van der Waals surface area contributed by atoms with Gasteiger partial charge in [0.2, 0.25) is 0 Å². The minimum atomic E-state index is -1.11. The van der Waals surface area contributed by atoms with Crippen LogP contribution in [0.2, 0.25) is 25.7 Å². The largest absolute Gasteiger partial charge is 0.361 e. The molecular weight excluding hydrogens is 509 g/mol. The number of nitrogens with zero attached hydrogens (tertiary/aromatic N) is 6. The average Bonchev–Trinajstić information content (AvgIpc) is 3.58. The van der Waals surface area contributed by atoms with Crippen LogP contribution in [-0.4, -0.2) is 44.7 Å². The molecule has 1 aliphatic rings. The second-order valence-corrected chi connectivity index (χ2v) is 18.1. The number of hydrogen-bond donors (Lipinski definition) is 0. The third kappa shape index (κ3) is 6.37. The molecule has 5 rings (SSSR count). The highest BCUT2D eigenvalue weighted by Gasteiger charge is 2.24. The first-order valence-corrected chi connectivity index (χ1v) is 18.1. The van der Waals surface area contributed by atoms with E-state index in [9.17, 15) is 5.26 Å². The molecule has 0 amide bonds. The molecule has 0 bridgehead atoms. The lowest BCUT2D eigenvalue weighted by molar-refractivity contribution is 0.0899. The van der Waals surface area contributed by atoms with Gasteiger partial charge >= 0.3 is 0 Å². The number of hydrogen-bond acceptors (Lipinski definition) is 6. The highest BCUT2D eigenvalue weighted by atomic mass is 32.2. The molecule has 9 heteroatoms. The van der Waals surface area contributed by atoms with E-state index < -0.39 is 8.07 Å². The minimum absolute atomic E-state index is 0.415. The van der Waals surface area contributed by atoms with Crippen molar-refractivity contribution < 1.29 is 4.74 Å². The molecule has 0 atom stereocenters. The highest BCUT2D eigenvalue weighted by molar-refractivity contribution is 7.99. The van der Waals surface area contributed by atoms with Crippen molar-refractivity contribution in [3.8, 4) is 17.3 Å². The van der Waals surface area contributed by atoms with Gasteiger partial charge in [-0.1, -0.05) is 31.8 Å². The van der Waals surface area contributed by atoms with Gasteiger partial charge in [-0.05, 0) is 55.8 Å². The van der Waals surface area contributed by atoms with Crippen molar-refractivity contribution in [1.29, 1.82) is 5.26 Å². The quantitative estimate of drug-likeness (QED) is 0.121. The summed E-state index contributed by atoms with van der Waals surface area (Å²) in [5.41, 5.74) is 3.62. The predicted molar refractivity (Wildman–Crippen MR) is 156 cm³/mol. The Hall–Kier alpha value is -2.93. The lowest BCUT2D eigenvalue weighted by Gasteiger charge is -2.28. The fourth-order valence-electron chi connectivity index (χ4n) is 5.01. The molecule has 0 spiro atoms. The lowest BCUT2D eigenvalue weighted by Crippen LogP contribution is -2.22. The van der Waals surface area contributed by atoms with Crippen LogP contribution in [0.5, 0.6) is 0 Å². The number of benzene rings is 1. The van der Waals surface area contributed by atoms with Crippen LogP contribution in [0.15, 0.2) is 60.1 Å². The fourth-order valence-corrected chi connectivity index (χ4v) is 6.96. The van der Waals surface area contributed by atoms with Crippen molar-refractivity contribution in [2.24, 2.45) is 5.92 Å². The van der Waals surface area contributed by atoms with E-state index in [-0.39, 0.29) is 0 Å². The first kappa shape index (κ1) is 26.7. The fraction of sp³-hybridized carbons (Fsp3) is 0.448. The molecule has 0 radical (unpaired) electrons. The molecule has 3 heterocycles. The third-order valence-corrected chi connectivity index (χ3v) is 10.3. The zero-order valence-corrected chi connectivity index (χ0v) is 24.3. The van der Waals surface area contributed by atoms with E-state index in [0.29, 0.717) is 18.7 Å². The molecule has 1 aliphatic carbocycles. The Labute approximate surface area is 230 Å². The molecule has 1 aromatic carbocycles. The zero-order chi connectivity index (χ0) is 26.5. The van der Waals surface area contributed by atoms with Crippen molar-refractivity contribution in [2.75, 3.05) is 12.4 Å². The Balaban J connectivity index is 1.19. The van der Waals surface area contributed by atoms with Gasteiger partial charge in [-0.2, -0.15) is 10.4 Å². The molecule has 3 aromatic heterocycles. The number of aromatic nitrogens is 5. The first-order valence-electron chi connectivity index (χ1n) is 13.5. The van der Waals surface area contributed by atoms with Crippen molar-refractivity contribution in [3.63, 3.8) is 0 Å². The molecule has 0 N–H and O–H groups in total. The summed E-state index contributed by atoms with van der Waals surface area (Å²) in [6.45, 7) is 8.39. The summed E-state index contributed by atoms with van der Waals surface area (Å²) in [7, 11) is -1.11. The summed E-state index contributed by atoms with van der Waals surface area (Å²) >= 11 is 1.82. The van der Waals surface area contributed by atoms with Gasteiger partial charge in [0.1, 0.15) is 24.8 Å². The smallest absolute Gasteiger partial charge is 0.145 e. The molecular formula is C29H36N6OSSi. The van der Waals surface area contributed by atoms with Gasteiger partial charge in [-0.25, -0.2) is 9.97 Å². The summed E-state index contributed by atoms with van der Waals surface area (Å²) in [6, 6.07) is 13.9. The molecule has 1 fully saturated rings. The van der Waals surface area contributed by atoms with Gasteiger partial charge in [0.25, 0.3) is 0 Å². The van der Waals surface area contributed by atoms with Crippen LogP contribution in [0.3, 0.4) is 0 Å². The average molecular weight is 545 g/mol. The monoisotopic (exact) mass is 544 g/mol. The number of ether oxygens (including phenoxy) is 1. The Morgan fingerprint density at radius 3 is 2.71 bits per heavy atom. The van der Waals surface area contributed by atoms with Gasteiger partial charge in [0.05, 0.1) is 23.5 Å². The van der Waals surface area contributed by atoms with Gasteiger partial charge in [0, 0.05) is 48.7 Å². The summed E-state index contributed by atoms with van der Waals surface area (Å²) < 4.78 is 10.2. The minimum Gasteiger partial charge on any atom is -0.361 e. The molecule has 4 aromatic rings. The van der Waals surface area contributed by atoms with Gasteiger partial charge < -0.3 is 9.30 Å². The molecule has 0 saturated heterocycles. The standard InChI is InChI=1S/C29H36N6OSSi/c1-38(2,3)15-14-36-21-34-13-12-26-28(31-20-32-29(26)34)24-17-33-35(18-24)25-10-8-22(9-11-25)19-37-27-7-5-4-6-23(27)16-30/h4-7,12-13,17-18,20,22,25H,8-11,14-15,19,21H2,1-3H3. The van der Waals surface area contributed by atoms with Crippen LogP contribution in [0, 0.1) is 17.2 Å². The van der Waals surface area contributed by atoms with Crippen LogP contribution >= 0.6 is 11.8 Å². The summed E-state index contributed by atoms with van der Waals surface area (Å²) in [6.07, 6.45) is 12.4. The Morgan fingerprint density at radius 2 is 1.92 bits per heavy atom. The number of nitriles is 1. The molecule has 0 unspecified atom stereocenters. The second-order valence-electron chi connectivity index (χ2n) is 11.4. The Kier molecular flexibility index (Phi) is 8.32. The summed E-state index contributed by atoms with van der Waals surface area (Å²) in [5.74, 6) is 1.74. The van der Waals surface area contributed by atoms with E-state index in [1.54, 1.807) is 6.33 Å². The van der Waals surface area contributed by atoms with E-state index in [4.69, 9.17) is 9.84 Å². The number of rotatable bonds is 10. The van der Waals surface area contributed by atoms with Crippen LogP contribution < -0.4 is 0 Å². The van der Waals surface area contributed by atoms with Crippen molar-refractivity contribution in [3.05, 3.63) is 60.8 Å². The zero-order valence-electron chi connectivity index (χ0n) is 22.5. The Morgan fingerprint density at radius 1 is 1.11 bits per heavy atom. The van der Waals surface area contributed by atoms with Crippen LogP contribution in [-0.2, 0) is 11.5 Å². The topological polar surface area (TPSA) is 81.5 Å². The maximum absolute atomic E-state index is 9.34. The number of thioether (sulfide) groups is 1. The van der Waals surface area contributed by atoms with E-state index >= 15 is 0 Å². The van der Waals surface area contributed by atoms with Gasteiger partial charge in [-0.15, -0.1) is 11.8 Å². The summed E-state index contributed by atoms with van der Waals surface area (Å²) in [4.78, 5) is 10.3. The third-order valence-electron chi connectivity index (χ3n) is 7.33. The Bertz CT molecular complexity index is 1410. The summed E-state index contributed by atoms with van der Waals surface area (Å²) in [5, 5.41) is 15.1. The predicted octanol–water partition coefficient (Wildman–Crippen LogP) is 7.00. The van der Waals surface area contributed by atoms with E-state index in [1.807, 2.05) is 42.4 Å². The van der Waals surface area contributed by atoms with Crippen molar-refractivity contribution in [1.82, 2.24) is 24.3 Å². The number of fused-ring (bicyclic) bond motifs is 1. The molecule has 7 nitrogen and oxygen atoms in total. The van der Waals surface area contributed by atoms with Crippen LogP contribution in [0.1, 0.15) is 37.3 Å². The second kappa shape index (κ2) is 11.8. The van der Waals surface area contributed by atoms with E-state index in [2.05, 4.69) is 63.3 Å². The van der Waals surface area contributed by atoms with E-state index in [1.165, 1.54) is 12.8 Å². The highest BCUT2D eigenvalue weighted by Crippen LogP contribution is 2.36. The first-order chi connectivity index (χ1) is 18.4. The molecule has 1 saturated carbocycles. The maximum Gasteiger partial charge on any atom is 0.145 e. The molecule has 198 valence electrons. The van der Waals surface area contributed by atoms with Gasteiger partial charge in [0.15, 0.2) is 0 Å². The molecule has 0 aliphatic heterocycles. The van der Waals surface area contributed by atoms with Crippen molar-refractivity contribution >= 4 is 30.9 Å². The van der Waals surface area contributed by atoms with Crippen molar-refractivity contribution in [2.45, 2.75) is 69.0 Å².